The van der Waals surface area contributed by atoms with Crippen LogP contribution in [0.25, 0.3) is 10.9 Å². The summed E-state index contributed by atoms with van der Waals surface area (Å²) in [5, 5.41) is 1.61. The summed E-state index contributed by atoms with van der Waals surface area (Å²) < 4.78 is 6.99. The van der Waals surface area contributed by atoms with E-state index in [1.165, 1.54) is 12.7 Å². The quantitative estimate of drug-likeness (QED) is 0.156. The maximum Gasteiger partial charge on any atom is 0.337 e. The number of carbonyl (C=O) groups is 2. The summed E-state index contributed by atoms with van der Waals surface area (Å²) in [5.41, 5.74) is 5.71. The fourth-order valence-electron chi connectivity index (χ4n) is 5.29. The monoisotopic (exact) mass is 543 g/mol. The molecule has 0 N–H and O–H groups in total. The summed E-state index contributed by atoms with van der Waals surface area (Å²) in [7, 11) is 1.37. The van der Waals surface area contributed by atoms with Gasteiger partial charge in [-0.3, -0.25) is 4.79 Å². The third-order valence-electron chi connectivity index (χ3n) is 7.56. The summed E-state index contributed by atoms with van der Waals surface area (Å²) in [6.45, 7) is 10.9. The number of ketones is 1. The second kappa shape index (κ2) is 11.8. The number of Topliss-reactive ketones (excluding diaryl/α,β-unsaturated/α-hetero) is 1. The first-order valence-corrected chi connectivity index (χ1v) is 14.0. The highest BCUT2D eigenvalue weighted by molar-refractivity contribution is 6.31. The highest BCUT2D eigenvalue weighted by Crippen LogP contribution is 2.33. The number of aromatic nitrogens is 1. The van der Waals surface area contributed by atoms with E-state index in [1.54, 1.807) is 12.1 Å². The highest BCUT2D eigenvalue weighted by atomic mass is 35.5. The van der Waals surface area contributed by atoms with Crippen LogP contribution in [0, 0.1) is 5.92 Å². The molecule has 0 aliphatic carbocycles. The normalized spacial score (nSPS) is 13.3. The van der Waals surface area contributed by atoms with Crippen LogP contribution in [0.3, 0.4) is 0 Å². The topological polar surface area (TPSA) is 48.3 Å². The van der Waals surface area contributed by atoms with Crippen LogP contribution >= 0.6 is 11.6 Å². The Morgan fingerprint density at radius 2 is 1.62 bits per heavy atom. The molecule has 1 heterocycles. The fourth-order valence-corrected chi connectivity index (χ4v) is 5.47. The van der Waals surface area contributed by atoms with Crippen molar-refractivity contribution in [3.05, 3.63) is 106 Å². The van der Waals surface area contributed by atoms with E-state index in [4.69, 9.17) is 16.3 Å². The molecule has 0 bridgehead atoms. The van der Waals surface area contributed by atoms with Crippen molar-refractivity contribution in [3.63, 3.8) is 0 Å². The lowest BCUT2D eigenvalue weighted by Crippen LogP contribution is -2.22. The van der Waals surface area contributed by atoms with E-state index in [9.17, 15) is 9.59 Å². The van der Waals surface area contributed by atoms with Gasteiger partial charge in [-0.05, 0) is 78.3 Å². The third kappa shape index (κ3) is 6.28. The number of rotatable bonds is 9. The molecule has 0 fully saturated rings. The molecule has 3 aromatic carbocycles. The standard InChI is InChI=1S/C34H38ClNO3/c1-7-8-26(19-23-9-11-25(12-10-23)33(38)39-6)32(37)31-21-27-20-29(35)17-18-30(27)36(31)22(2)24-13-15-28(16-14-24)34(3,4)5/h9-18,20-22,26H,7-8,19H2,1-6H3. The Labute approximate surface area is 236 Å². The molecule has 0 aliphatic rings. The van der Waals surface area contributed by atoms with Crippen LogP contribution in [-0.2, 0) is 16.6 Å². The zero-order chi connectivity index (χ0) is 28.3. The Hall–Kier alpha value is -3.37. The van der Waals surface area contributed by atoms with Crippen LogP contribution in [0.1, 0.15) is 91.0 Å². The van der Waals surface area contributed by atoms with Crippen molar-refractivity contribution < 1.29 is 14.3 Å². The minimum Gasteiger partial charge on any atom is -0.465 e. The van der Waals surface area contributed by atoms with Crippen molar-refractivity contribution in [2.75, 3.05) is 7.11 Å². The van der Waals surface area contributed by atoms with Gasteiger partial charge in [0.2, 0.25) is 0 Å². The molecule has 2 unspecified atom stereocenters. The molecule has 39 heavy (non-hydrogen) atoms. The number of hydrogen-bond acceptors (Lipinski definition) is 3. The lowest BCUT2D eigenvalue weighted by atomic mass is 9.86. The summed E-state index contributed by atoms with van der Waals surface area (Å²) in [4.78, 5) is 26.1. The number of fused-ring (bicyclic) bond motifs is 1. The number of hydrogen-bond donors (Lipinski definition) is 0. The zero-order valence-corrected chi connectivity index (χ0v) is 24.5. The van der Waals surface area contributed by atoms with Gasteiger partial charge >= 0.3 is 5.97 Å². The lowest BCUT2D eigenvalue weighted by molar-refractivity contribution is 0.0600. The van der Waals surface area contributed by atoms with Gasteiger partial charge in [0, 0.05) is 21.8 Å². The van der Waals surface area contributed by atoms with Crippen molar-refractivity contribution in [2.24, 2.45) is 5.92 Å². The Morgan fingerprint density at radius 1 is 0.949 bits per heavy atom. The van der Waals surface area contributed by atoms with Gasteiger partial charge in [-0.15, -0.1) is 0 Å². The molecule has 0 radical (unpaired) electrons. The lowest BCUT2D eigenvalue weighted by Gasteiger charge is -2.23. The molecular formula is C34H38ClNO3. The van der Waals surface area contributed by atoms with Gasteiger partial charge in [0.05, 0.1) is 24.4 Å². The third-order valence-corrected chi connectivity index (χ3v) is 7.80. The van der Waals surface area contributed by atoms with E-state index in [0.29, 0.717) is 22.7 Å². The Kier molecular flexibility index (Phi) is 8.66. The molecule has 0 amide bonds. The number of carbonyl (C=O) groups excluding carboxylic acids is 2. The molecule has 0 spiro atoms. The minimum atomic E-state index is -0.365. The van der Waals surface area contributed by atoms with Crippen molar-refractivity contribution in [3.8, 4) is 0 Å². The SMILES string of the molecule is CCCC(Cc1ccc(C(=O)OC)cc1)C(=O)c1cc2cc(Cl)ccc2n1C(C)c1ccc(C(C)(C)C)cc1. The van der Waals surface area contributed by atoms with Crippen molar-refractivity contribution in [2.45, 2.75) is 65.3 Å². The zero-order valence-electron chi connectivity index (χ0n) is 23.8. The molecule has 204 valence electrons. The Bertz CT molecular complexity index is 1460. The maximum atomic E-state index is 14.2. The fraction of sp³-hybridized carbons (Fsp3) is 0.353. The van der Waals surface area contributed by atoms with Crippen LogP contribution < -0.4 is 0 Å². The molecule has 5 heteroatoms. The predicted octanol–water partition coefficient (Wildman–Crippen LogP) is 8.83. The molecule has 4 rings (SSSR count). The van der Waals surface area contributed by atoms with Crippen LogP contribution in [0.2, 0.25) is 5.02 Å². The number of halogens is 1. The van der Waals surface area contributed by atoms with Gasteiger partial charge in [-0.1, -0.05) is 82.1 Å². The predicted molar refractivity (Wildman–Crippen MR) is 160 cm³/mol. The first-order chi connectivity index (χ1) is 18.5. The molecule has 0 saturated carbocycles. The van der Waals surface area contributed by atoms with Gasteiger partial charge in [0.15, 0.2) is 5.78 Å². The second-order valence-corrected chi connectivity index (χ2v) is 11.8. The molecule has 4 nitrogen and oxygen atoms in total. The Morgan fingerprint density at radius 3 is 2.21 bits per heavy atom. The van der Waals surface area contributed by atoms with Crippen molar-refractivity contribution >= 4 is 34.3 Å². The maximum absolute atomic E-state index is 14.2. The second-order valence-electron chi connectivity index (χ2n) is 11.4. The van der Waals surface area contributed by atoms with Gasteiger partial charge in [-0.25, -0.2) is 4.79 Å². The van der Waals surface area contributed by atoms with Crippen LogP contribution in [0.5, 0.6) is 0 Å². The molecule has 0 saturated heterocycles. The average molecular weight is 544 g/mol. The average Bonchev–Trinajstić information content (AvgIpc) is 3.30. The van der Waals surface area contributed by atoms with Gasteiger partial charge < -0.3 is 9.30 Å². The number of methoxy groups -OCH3 is 1. The first-order valence-electron chi connectivity index (χ1n) is 13.7. The van der Waals surface area contributed by atoms with Crippen molar-refractivity contribution in [1.82, 2.24) is 4.57 Å². The van der Waals surface area contributed by atoms with E-state index in [-0.39, 0.29) is 29.1 Å². The number of benzene rings is 3. The van der Waals surface area contributed by atoms with Gasteiger partial charge in [-0.2, -0.15) is 0 Å². The minimum absolute atomic E-state index is 0.0433. The van der Waals surface area contributed by atoms with E-state index in [2.05, 4.69) is 63.5 Å². The number of esters is 1. The largest absolute Gasteiger partial charge is 0.465 e. The number of nitrogens with zero attached hydrogens (tertiary/aromatic N) is 1. The summed E-state index contributed by atoms with van der Waals surface area (Å²) in [5.74, 6) is -0.428. The van der Waals surface area contributed by atoms with E-state index in [1.807, 2.05) is 36.4 Å². The van der Waals surface area contributed by atoms with E-state index < -0.39 is 0 Å². The highest BCUT2D eigenvalue weighted by Gasteiger charge is 2.27. The number of ether oxygens (including phenoxy) is 1. The van der Waals surface area contributed by atoms with E-state index in [0.717, 1.165) is 34.9 Å². The Balaban J connectivity index is 1.73. The summed E-state index contributed by atoms with van der Waals surface area (Å²) in [6, 6.07) is 23.8. The molecule has 2 atom stereocenters. The molecular weight excluding hydrogens is 506 g/mol. The summed E-state index contributed by atoms with van der Waals surface area (Å²) in [6.07, 6.45) is 2.27. The van der Waals surface area contributed by atoms with Crippen LogP contribution in [0.15, 0.2) is 72.8 Å². The molecule has 1 aromatic heterocycles. The van der Waals surface area contributed by atoms with Crippen LogP contribution in [0.4, 0.5) is 0 Å². The smallest absolute Gasteiger partial charge is 0.337 e. The summed E-state index contributed by atoms with van der Waals surface area (Å²) >= 11 is 6.35. The first kappa shape index (κ1) is 28.6. The molecule has 4 aromatic rings. The molecule has 0 aliphatic heterocycles. The van der Waals surface area contributed by atoms with Crippen molar-refractivity contribution in [1.29, 1.82) is 0 Å². The van der Waals surface area contributed by atoms with E-state index >= 15 is 0 Å². The van der Waals surface area contributed by atoms with Gasteiger partial charge in [0.25, 0.3) is 0 Å². The van der Waals surface area contributed by atoms with Gasteiger partial charge in [0.1, 0.15) is 0 Å². The van der Waals surface area contributed by atoms with Crippen LogP contribution in [-0.4, -0.2) is 23.4 Å².